The molecule has 0 radical (unpaired) electrons. The van der Waals surface area contributed by atoms with E-state index in [0.29, 0.717) is 12.2 Å². The van der Waals surface area contributed by atoms with Gasteiger partial charge in [-0.1, -0.05) is 30.3 Å². The summed E-state index contributed by atoms with van der Waals surface area (Å²) in [5, 5.41) is 8.99. The first kappa shape index (κ1) is 14.1. The van der Waals surface area contributed by atoms with Crippen molar-refractivity contribution in [2.45, 2.75) is 12.8 Å². The van der Waals surface area contributed by atoms with E-state index >= 15 is 0 Å². The number of fused-ring (bicyclic) bond motifs is 1. The number of carbonyl (C=O) groups is 1. The van der Waals surface area contributed by atoms with Crippen molar-refractivity contribution in [3.8, 4) is 17.0 Å². The molecule has 0 saturated heterocycles. The van der Waals surface area contributed by atoms with Gasteiger partial charge in [-0.05, 0) is 12.1 Å². The predicted octanol–water partition coefficient (Wildman–Crippen LogP) is 3.03. The summed E-state index contributed by atoms with van der Waals surface area (Å²) < 4.78 is 7.16. The second-order valence-electron chi connectivity index (χ2n) is 4.96. The fraction of sp³-hybridized carbons (Fsp3) is 0.176. The molecule has 112 valence electrons. The lowest BCUT2D eigenvalue weighted by Crippen LogP contribution is -2.02. The van der Waals surface area contributed by atoms with Crippen molar-refractivity contribution in [1.29, 1.82) is 0 Å². The van der Waals surface area contributed by atoms with E-state index in [1.807, 2.05) is 53.1 Å². The standard InChI is InChI=1S/C17H16N2O3/c1-22-13-7-9-15-18-17(12-5-3-2-4-6-12)14(19(15)11-13)8-10-16(20)21/h2-7,9,11H,8,10H2,1H3,(H,20,21). The van der Waals surface area contributed by atoms with Gasteiger partial charge in [-0.15, -0.1) is 0 Å². The van der Waals surface area contributed by atoms with Crippen LogP contribution in [-0.2, 0) is 11.2 Å². The molecular weight excluding hydrogens is 280 g/mol. The molecule has 0 amide bonds. The summed E-state index contributed by atoms with van der Waals surface area (Å²) in [6.45, 7) is 0. The van der Waals surface area contributed by atoms with Crippen molar-refractivity contribution in [3.05, 3.63) is 54.4 Å². The lowest BCUT2D eigenvalue weighted by atomic mass is 10.1. The molecule has 5 heteroatoms. The smallest absolute Gasteiger partial charge is 0.303 e. The van der Waals surface area contributed by atoms with Gasteiger partial charge in [-0.2, -0.15) is 0 Å². The Labute approximate surface area is 127 Å². The molecule has 5 nitrogen and oxygen atoms in total. The summed E-state index contributed by atoms with van der Waals surface area (Å²) in [6.07, 6.45) is 2.31. The monoisotopic (exact) mass is 296 g/mol. The highest BCUT2D eigenvalue weighted by molar-refractivity contribution is 5.70. The third kappa shape index (κ3) is 2.65. The normalized spacial score (nSPS) is 10.8. The largest absolute Gasteiger partial charge is 0.495 e. The molecule has 0 unspecified atom stereocenters. The summed E-state index contributed by atoms with van der Waals surface area (Å²) in [5.74, 6) is -0.113. The SMILES string of the molecule is COc1ccc2nc(-c3ccccc3)c(CCC(=O)O)n2c1. The van der Waals surface area contributed by atoms with Crippen LogP contribution in [-0.4, -0.2) is 27.6 Å². The van der Waals surface area contributed by atoms with E-state index in [1.165, 1.54) is 0 Å². The minimum absolute atomic E-state index is 0.0604. The van der Waals surface area contributed by atoms with Gasteiger partial charge >= 0.3 is 5.97 Å². The topological polar surface area (TPSA) is 63.8 Å². The highest BCUT2D eigenvalue weighted by Gasteiger charge is 2.15. The van der Waals surface area contributed by atoms with Crippen LogP contribution >= 0.6 is 0 Å². The molecule has 0 aliphatic heterocycles. The Bertz CT molecular complexity index is 809. The van der Waals surface area contributed by atoms with Crippen molar-refractivity contribution in [1.82, 2.24) is 9.38 Å². The lowest BCUT2D eigenvalue weighted by molar-refractivity contribution is -0.136. The molecule has 0 atom stereocenters. The number of carboxylic acids is 1. The van der Waals surface area contributed by atoms with Gasteiger partial charge in [0, 0.05) is 12.0 Å². The number of aliphatic carboxylic acids is 1. The third-order valence-corrected chi connectivity index (χ3v) is 3.55. The zero-order valence-electron chi connectivity index (χ0n) is 12.2. The molecular formula is C17H16N2O3. The summed E-state index contributed by atoms with van der Waals surface area (Å²) in [6, 6.07) is 13.5. The number of rotatable bonds is 5. The molecule has 0 aliphatic rings. The number of methoxy groups -OCH3 is 1. The molecule has 2 heterocycles. The number of imidazole rings is 1. The first-order chi connectivity index (χ1) is 10.7. The van der Waals surface area contributed by atoms with Crippen LogP contribution in [0.1, 0.15) is 12.1 Å². The average molecular weight is 296 g/mol. The van der Waals surface area contributed by atoms with Gasteiger partial charge in [-0.25, -0.2) is 4.98 Å². The van der Waals surface area contributed by atoms with E-state index in [4.69, 9.17) is 9.84 Å². The van der Waals surface area contributed by atoms with E-state index < -0.39 is 5.97 Å². The van der Waals surface area contributed by atoms with Crippen LogP contribution < -0.4 is 4.74 Å². The Morgan fingerprint density at radius 2 is 2.00 bits per heavy atom. The summed E-state index contributed by atoms with van der Waals surface area (Å²) in [7, 11) is 1.60. The summed E-state index contributed by atoms with van der Waals surface area (Å²) in [5.41, 5.74) is 3.45. The number of aryl methyl sites for hydroxylation is 1. The minimum Gasteiger partial charge on any atom is -0.495 e. The van der Waals surface area contributed by atoms with Crippen molar-refractivity contribution >= 4 is 11.6 Å². The Hall–Kier alpha value is -2.82. The lowest BCUT2D eigenvalue weighted by Gasteiger charge is -2.05. The van der Waals surface area contributed by atoms with Gasteiger partial charge in [0.05, 0.1) is 31.1 Å². The second kappa shape index (κ2) is 5.89. The molecule has 0 aliphatic carbocycles. The Kier molecular flexibility index (Phi) is 3.78. The molecule has 22 heavy (non-hydrogen) atoms. The first-order valence-corrected chi connectivity index (χ1v) is 7.01. The Morgan fingerprint density at radius 3 is 2.68 bits per heavy atom. The number of aromatic nitrogens is 2. The second-order valence-corrected chi connectivity index (χ2v) is 4.96. The maximum absolute atomic E-state index is 10.9. The van der Waals surface area contributed by atoms with E-state index in [2.05, 4.69) is 4.98 Å². The van der Waals surface area contributed by atoms with Crippen LogP contribution in [0.4, 0.5) is 0 Å². The fourth-order valence-corrected chi connectivity index (χ4v) is 2.49. The van der Waals surface area contributed by atoms with E-state index in [1.54, 1.807) is 7.11 Å². The summed E-state index contributed by atoms with van der Waals surface area (Å²) in [4.78, 5) is 15.6. The predicted molar refractivity (Wildman–Crippen MR) is 83.1 cm³/mol. The number of carboxylic acid groups (broad SMARTS) is 1. The van der Waals surface area contributed by atoms with Crippen LogP contribution in [0, 0.1) is 0 Å². The van der Waals surface area contributed by atoms with Crippen LogP contribution in [0.2, 0.25) is 0 Å². The molecule has 1 aromatic carbocycles. The first-order valence-electron chi connectivity index (χ1n) is 7.01. The van der Waals surface area contributed by atoms with Gasteiger partial charge in [-0.3, -0.25) is 9.20 Å². The quantitative estimate of drug-likeness (QED) is 0.786. The van der Waals surface area contributed by atoms with Crippen molar-refractivity contribution in [3.63, 3.8) is 0 Å². The van der Waals surface area contributed by atoms with Gasteiger partial charge in [0.1, 0.15) is 11.4 Å². The van der Waals surface area contributed by atoms with Gasteiger partial charge in [0.15, 0.2) is 0 Å². The summed E-state index contributed by atoms with van der Waals surface area (Å²) >= 11 is 0. The molecule has 0 saturated carbocycles. The van der Waals surface area contributed by atoms with E-state index in [-0.39, 0.29) is 6.42 Å². The average Bonchev–Trinajstić information content (AvgIpc) is 2.91. The van der Waals surface area contributed by atoms with Crippen LogP contribution in [0.5, 0.6) is 5.75 Å². The van der Waals surface area contributed by atoms with Crippen molar-refractivity contribution in [2.75, 3.05) is 7.11 Å². The molecule has 0 spiro atoms. The number of ether oxygens (including phenoxy) is 1. The van der Waals surface area contributed by atoms with E-state index in [0.717, 1.165) is 22.6 Å². The van der Waals surface area contributed by atoms with Crippen LogP contribution in [0.25, 0.3) is 16.9 Å². The molecule has 0 bridgehead atoms. The van der Waals surface area contributed by atoms with Crippen molar-refractivity contribution < 1.29 is 14.6 Å². The molecule has 2 aromatic heterocycles. The van der Waals surface area contributed by atoms with E-state index in [9.17, 15) is 4.79 Å². The third-order valence-electron chi connectivity index (χ3n) is 3.55. The zero-order chi connectivity index (χ0) is 15.5. The maximum Gasteiger partial charge on any atom is 0.303 e. The maximum atomic E-state index is 10.9. The molecule has 3 rings (SSSR count). The van der Waals surface area contributed by atoms with Crippen molar-refractivity contribution in [2.24, 2.45) is 0 Å². The number of benzene rings is 1. The Balaban J connectivity index is 2.17. The van der Waals surface area contributed by atoms with Gasteiger partial charge < -0.3 is 9.84 Å². The molecule has 1 N–H and O–H groups in total. The van der Waals surface area contributed by atoms with Crippen LogP contribution in [0.15, 0.2) is 48.7 Å². The van der Waals surface area contributed by atoms with Crippen LogP contribution in [0.3, 0.4) is 0 Å². The molecule has 3 aromatic rings. The number of pyridine rings is 1. The highest BCUT2D eigenvalue weighted by atomic mass is 16.5. The number of hydrogen-bond donors (Lipinski definition) is 1. The number of nitrogens with zero attached hydrogens (tertiary/aromatic N) is 2. The van der Waals surface area contributed by atoms with Gasteiger partial charge in [0.25, 0.3) is 0 Å². The Morgan fingerprint density at radius 1 is 1.23 bits per heavy atom. The highest BCUT2D eigenvalue weighted by Crippen LogP contribution is 2.27. The minimum atomic E-state index is -0.822. The zero-order valence-corrected chi connectivity index (χ0v) is 12.2. The molecule has 0 fully saturated rings. The van der Waals surface area contributed by atoms with Gasteiger partial charge in [0.2, 0.25) is 0 Å². The number of hydrogen-bond acceptors (Lipinski definition) is 3. The fourth-order valence-electron chi connectivity index (χ4n) is 2.49.